The van der Waals surface area contributed by atoms with E-state index in [4.69, 9.17) is 25.0 Å². The number of alkyl halides is 3. The molecule has 0 saturated heterocycles. The zero-order valence-corrected chi connectivity index (χ0v) is 17.4. The average molecular weight is 505 g/mol. The molecule has 1 aromatic carbocycles. The Labute approximate surface area is 181 Å². The molecule has 0 saturated carbocycles. The zero-order valence-electron chi connectivity index (χ0n) is 16.5. The summed E-state index contributed by atoms with van der Waals surface area (Å²) in [6.45, 7) is -0.302. The van der Waals surface area contributed by atoms with Crippen molar-refractivity contribution in [3.8, 4) is 0 Å². The molecule has 1 aromatic heterocycles. The van der Waals surface area contributed by atoms with Gasteiger partial charge in [0.25, 0.3) is 0 Å². The van der Waals surface area contributed by atoms with Gasteiger partial charge in [0.1, 0.15) is 5.82 Å². The van der Waals surface area contributed by atoms with Crippen molar-refractivity contribution >= 4 is 13.7 Å². The number of nitrogens with zero attached hydrogens (tertiary/aromatic N) is 4. The van der Waals surface area contributed by atoms with Gasteiger partial charge in [-0.05, 0) is 18.1 Å². The number of aromatic nitrogens is 3. The highest BCUT2D eigenvalue weighted by molar-refractivity contribution is 7.45. The maximum Gasteiger partial charge on any atom is 0.466 e. The highest BCUT2D eigenvalue weighted by Gasteiger charge is 2.40. The molecule has 0 radical (unpaired) electrons. The van der Waals surface area contributed by atoms with Crippen molar-refractivity contribution in [1.29, 1.82) is 0 Å². The van der Waals surface area contributed by atoms with Gasteiger partial charge >= 0.3 is 14.0 Å². The molecule has 184 valence electrons. The molecule has 1 amide bonds. The summed E-state index contributed by atoms with van der Waals surface area (Å²) in [6.07, 6.45) is -5.11. The molecule has 5 N–H and O–H groups in total. The predicted octanol–water partition coefficient (Wildman–Crippen LogP) is 1.09. The highest BCUT2D eigenvalue weighted by Crippen LogP contribution is 2.29. The Morgan fingerprint density at radius 1 is 1.09 bits per heavy atom. The minimum Gasteiger partial charge on any atom is -0.333 e. The number of rotatable bonds is 4. The molecule has 17 heteroatoms. The van der Waals surface area contributed by atoms with Gasteiger partial charge in [0.2, 0.25) is 11.7 Å². The van der Waals surface area contributed by atoms with Gasteiger partial charge in [0.15, 0.2) is 17.5 Å². The fourth-order valence-electron chi connectivity index (χ4n) is 3.01. The summed E-state index contributed by atoms with van der Waals surface area (Å²) in [7, 11) is -4.64. The number of fused-ring (bicyclic) bond motifs is 1. The van der Waals surface area contributed by atoms with Crippen LogP contribution in [0.2, 0.25) is 0 Å². The molecule has 33 heavy (non-hydrogen) atoms. The molecule has 0 aliphatic carbocycles. The monoisotopic (exact) mass is 505 g/mol. The molecule has 2 aromatic rings. The smallest absolute Gasteiger partial charge is 0.333 e. The largest absolute Gasteiger partial charge is 0.466 e. The van der Waals surface area contributed by atoms with Crippen LogP contribution in [0.1, 0.15) is 23.6 Å². The van der Waals surface area contributed by atoms with Gasteiger partial charge in [-0.15, -0.1) is 10.2 Å². The van der Waals surface area contributed by atoms with Gasteiger partial charge in [-0.1, -0.05) is 0 Å². The van der Waals surface area contributed by atoms with E-state index in [2.05, 4.69) is 10.2 Å². The molecule has 0 bridgehead atoms. The third-order valence-electron chi connectivity index (χ3n) is 4.37. The van der Waals surface area contributed by atoms with Crippen LogP contribution in [0.3, 0.4) is 0 Å². The van der Waals surface area contributed by atoms with Crippen molar-refractivity contribution in [2.45, 2.75) is 38.1 Å². The molecule has 1 aliphatic rings. The first-order chi connectivity index (χ1) is 15.1. The van der Waals surface area contributed by atoms with Crippen LogP contribution in [0.4, 0.5) is 26.3 Å². The summed E-state index contributed by atoms with van der Waals surface area (Å²) in [5, 5.41) is 6.60. The molecular formula is C16H18F6N5O5P. The summed E-state index contributed by atoms with van der Waals surface area (Å²) in [5.41, 5.74) is 5.64. The Morgan fingerprint density at radius 3 is 2.24 bits per heavy atom. The minimum atomic E-state index is -4.64. The van der Waals surface area contributed by atoms with E-state index in [1.165, 1.54) is 4.90 Å². The second-order valence-corrected chi connectivity index (χ2v) is 7.97. The van der Waals surface area contributed by atoms with Crippen molar-refractivity contribution in [3.05, 3.63) is 46.8 Å². The quantitative estimate of drug-likeness (QED) is 0.274. The maximum absolute atomic E-state index is 13.7. The number of hydrogen-bond acceptors (Lipinski definition) is 5. The van der Waals surface area contributed by atoms with E-state index in [0.717, 1.165) is 4.57 Å². The van der Waals surface area contributed by atoms with Crippen molar-refractivity contribution < 1.29 is 50.4 Å². The van der Waals surface area contributed by atoms with E-state index in [0.29, 0.717) is 12.1 Å². The van der Waals surface area contributed by atoms with Crippen LogP contribution in [-0.2, 0) is 35.0 Å². The van der Waals surface area contributed by atoms with E-state index >= 15 is 0 Å². The molecular weight excluding hydrogens is 487 g/mol. The van der Waals surface area contributed by atoms with Crippen LogP contribution in [0, 0.1) is 17.5 Å². The normalized spacial score (nSPS) is 14.9. The van der Waals surface area contributed by atoms with Crippen LogP contribution in [0.5, 0.6) is 0 Å². The van der Waals surface area contributed by atoms with Crippen molar-refractivity contribution in [2.24, 2.45) is 5.73 Å². The number of halogens is 6. The molecule has 3 rings (SSSR count). The summed E-state index contributed by atoms with van der Waals surface area (Å²) in [6, 6.07) is 0.184. The summed E-state index contributed by atoms with van der Waals surface area (Å²) in [5.74, 6) is -5.15. The van der Waals surface area contributed by atoms with Gasteiger partial charge in [-0.25, -0.2) is 17.7 Å². The van der Waals surface area contributed by atoms with Crippen LogP contribution in [0.15, 0.2) is 12.1 Å². The molecule has 0 fully saturated rings. The first-order valence-electron chi connectivity index (χ1n) is 9.00. The number of carbonyl (C=O) groups excluding carboxylic acids is 1. The lowest BCUT2D eigenvalue weighted by molar-refractivity contribution is -0.148. The SMILES string of the molecule is N[C@H](CC(=O)N1CCn2c(nnc2C(F)(F)F)C1)Cc1cc(F)c(F)cc1F.O=P(O)(O)O. The van der Waals surface area contributed by atoms with Crippen molar-refractivity contribution in [2.75, 3.05) is 6.54 Å². The van der Waals surface area contributed by atoms with Gasteiger partial charge in [0, 0.05) is 31.6 Å². The Bertz CT molecular complexity index is 1050. The van der Waals surface area contributed by atoms with Crippen LogP contribution in [-0.4, -0.2) is 52.8 Å². The first kappa shape index (κ1) is 26.7. The summed E-state index contributed by atoms with van der Waals surface area (Å²) in [4.78, 5) is 35.2. The van der Waals surface area contributed by atoms with Gasteiger partial charge in [0.05, 0.1) is 6.54 Å². The molecule has 1 atom stereocenters. The molecule has 2 heterocycles. The van der Waals surface area contributed by atoms with Crippen molar-refractivity contribution in [1.82, 2.24) is 19.7 Å². The Morgan fingerprint density at radius 2 is 1.67 bits per heavy atom. The molecule has 10 nitrogen and oxygen atoms in total. The zero-order chi connectivity index (χ0) is 25.1. The fourth-order valence-corrected chi connectivity index (χ4v) is 3.01. The topological polar surface area (TPSA) is 155 Å². The second kappa shape index (κ2) is 10.2. The molecule has 0 spiro atoms. The van der Waals surface area contributed by atoms with E-state index < -0.39 is 49.2 Å². The standard InChI is InChI=1S/C16H15F6N5O.H3O4P/c17-10-6-12(19)11(18)4-8(10)3-9(23)5-14(28)26-1-2-27-13(7-26)24-25-15(27)16(20,21)22;1-5(2,3)4/h4,6,9H,1-3,5,7,23H2;(H3,1,2,3,4)/t9-;/m0./s1. The lowest BCUT2D eigenvalue weighted by Crippen LogP contribution is -2.42. The van der Waals surface area contributed by atoms with E-state index in [9.17, 15) is 31.1 Å². The number of carbonyl (C=O) groups is 1. The highest BCUT2D eigenvalue weighted by atomic mass is 31.2. The third-order valence-corrected chi connectivity index (χ3v) is 4.37. The summed E-state index contributed by atoms with van der Waals surface area (Å²) < 4.78 is 88.1. The van der Waals surface area contributed by atoms with E-state index in [1.54, 1.807) is 0 Å². The molecule has 1 aliphatic heterocycles. The number of phosphoric acid groups is 1. The number of nitrogens with two attached hydrogens (primary N) is 1. The van der Waals surface area contributed by atoms with Gasteiger partial charge in [-0.2, -0.15) is 13.2 Å². The lowest BCUT2D eigenvalue weighted by atomic mass is 10.0. The van der Waals surface area contributed by atoms with E-state index in [-0.39, 0.29) is 43.9 Å². The Kier molecular flexibility index (Phi) is 8.24. The number of amides is 1. The lowest BCUT2D eigenvalue weighted by Gasteiger charge is -2.29. The Hall–Kier alpha value is -2.52. The predicted molar refractivity (Wildman–Crippen MR) is 97.3 cm³/mol. The Balaban J connectivity index is 0.000000696. The third kappa shape index (κ3) is 7.78. The minimum absolute atomic E-state index is 0.000783. The van der Waals surface area contributed by atoms with Gasteiger partial charge < -0.3 is 29.9 Å². The maximum atomic E-state index is 13.7. The molecule has 0 unspecified atom stereocenters. The number of benzene rings is 1. The van der Waals surface area contributed by atoms with Crippen molar-refractivity contribution in [3.63, 3.8) is 0 Å². The van der Waals surface area contributed by atoms with Crippen LogP contribution in [0.25, 0.3) is 0 Å². The average Bonchev–Trinajstić information content (AvgIpc) is 3.08. The number of hydrogen-bond donors (Lipinski definition) is 4. The van der Waals surface area contributed by atoms with E-state index in [1.807, 2.05) is 0 Å². The fraction of sp³-hybridized carbons (Fsp3) is 0.438. The van der Waals surface area contributed by atoms with Gasteiger partial charge in [-0.3, -0.25) is 4.79 Å². The first-order valence-corrected chi connectivity index (χ1v) is 10.6. The second-order valence-electron chi connectivity index (χ2n) is 6.94. The summed E-state index contributed by atoms with van der Waals surface area (Å²) >= 11 is 0. The van der Waals surface area contributed by atoms with Crippen LogP contribution < -0.4 is 5.73 Å². The van der Waals surface area contributed by atoms with Crippen LogP contribution >= 0.6 is 7.82 Å².